The molecule has 0 atom stereocenters. The number of nitrogens with zero attached hydrogens (tertiary/aromatic N) is 1. The van der Waals surface area contributed by atoms with E-state index in [4.69, 9.17) is 0 Å². The fraction of sp³-hybridized carbons (Fsp3) is 0. The van der Waals surface area contributed by atoms with Gasteiger partial charge in [0.1, 0.15) is 17.5 Å². The molecule has 3 aliphatic rings. The zero-order valence-corrected chi connectivity index (χ0v) is 26.5. The predicted molar refractivity (Wildman–Crippen MR) is 180 cm³/mol. The lowest BCUT2D eigenvalue weighted by atomic mass is 10.1. The van der Waals surface area contributed by atoms with Gasteiger partial charge in [-0.3, -0.25) is 0 Å². The monoisotopic (exact) mass is 665 g/mol. The molecule has 3 heterocycles. The van der Waals surface area contributed by atoms with E-state index < -0.39 is 38.9 Å². The van der Waals surface area contributed by atoms with E-state index in [0.717, 1.165) is 36.4 Å². The second-order valence-electron chi connectivity index (χ2n) is 11.5. The average Bonchev–Trinajstić information content (AvgIpc) is 3.08. The fourth-order valence-electron chi connectivity index (χ4n) is 7.31. The first kappa shape index (κ1) is 27.9. The molecule has 0 saturated heterocycles. The normalized spacial score (nSPS) is 23.2. The third kappa shape index (κ3) is 3.31. The lowest BCUT2D eigenvalue weighted by molar-refractivity contribution is 0.589. The summed E-state index contributed by atoms with van der Waals surface area (Å²) in [7, 11) is -12.3. The van der Waals surface area contributed by atoms with Crippen LogP contribution in [0.25, 0.3) is 0 Å². The third-order valence-electron chi connectivity index (χ3n) is 9.17. The highest BCUT2D eigenvalue weighted by atomic mass is 31.2. The molecule has 224 valence electrons. The van der Waals surface area contributed by atoms with Crippen LogP contribution in [0, 0.1) is 17.5 Å². The van der Waals surface area contributed by atoms with Crippen molar-refractivity contribution in [3.8, 4) is 0 Å². The molecule has 0 spiro atoms. The molecular formula is C36H21F3NO3P3. The molecule has 0 amide bonds. The minimum Gasteiger partial charge on any atom is -0.308 e. The minimum absolute atomic E-state index is 0.0475. The molecule has 9 rings (SSSR count). The van der Waals surface area contributed by atoms with Gasteiger partial charge in [0.05, 0.1) is 17.1 Å². The lowest BCUT2D eigenvalue weighted by Crippen LogP contribution is -2.53. The summed E-state index contributed by atoms with van der Waals surface area (Å²) in [4.78, 5) is 1.68. The standard InChI is InChI=1S/C36H21F3NO3P3/c37-22-16-28-34-30(18-22)45(42,26-12-6-2-7-13-26)32-20-24(39)21-33-36(32)40(34)35-29(44(28,41)25-10-4-1-5-11-25)17-23(38)19-31(35)46(33,43)27-14-8-3-9-15-27/h1-21H. The summed E-state index contributed by atoms with van der Waals surface area (Å²) in [6.07, 6.45) is 0. The molecule has 0 radical (unpaired) electrons. The highest BCUT2D eigenvalue weighted by Gasteiger charge is 2.56. The summed E-state index contributed by atoms with van der Waals surface area (Å²) in [5, 5.41) is 1.23. The van der Waals surface area contributed by atoms with E-state index in [2.05, 4.69) is 0 Å². The van der Waals surface area contributed by atoms with Crippen LogP contribution in [-0.4, -0.2) is 0 Å². The van der Waals surface area contributed by atoms with Crippen LogP contribution in [0.4, 0.5) is 30.2 Å². The fourth-order valence-corrected chi connectivity index (χ4v) is 16.7. The quantitative estimate of drug-likeness (QED) is 0.237. The Labute approximate surface area is 262 Å². The Kier molecular flexibility index (Phi) is 5.65. The van der Waals surface area contributed by atoms with Crippen molar-refractivity contribution in [1.29, 1.82) is 0 Å². The Morgan fingerprint density at radius 3 is 0.804 bits per heavy atom. The Hall–Kier alpha value is -4.40. The summed E-state index contributed by atoms with van der Waals surface area (Å²) in [5.41, 5.74) is 0.669. The van der Waals surface area contributed by atoms with Crippen LogP contribution in [0.3, 0.4) is 0 Å². The number of halogens is 3. The SMILES string of the molecule is O=P1(c2ccccc2)c2cc(F)cc3c2N2c4c1cc(F)cc4P(=O)(c1ccccc1)c1cc(F)cc(c12)P3(=O)c1ccccc1. The van der Waals surface area contributed by atoms with E-state index in [1.807, 2.05) is 0 Å². The highest BCUT2D eigenvalue weighted by molar-refractivity contribution is 7.89. The molecule has 0 fully saturated rings. The van der Waals surface area contributed by atoms with Gasteiger partial charge in [-0.05, 0) is 36.4 Å². The van der Waals surface area contributed by atoms with Crippen LogP contribution >= 0.6 is 21.4 Å². The van der Waals surface area contributed by atoms with Gasteiger partial charge < -0.3 is 18.6 Å². The van der Waals surface area contributed by atoms with Gasteiger partial charge >= 0.3 is 0 Å². The van der Waals surface area contributed by atoms with Crippen LogP contribution in [-0.2, 0) is 13.7 Å². The lowest BCUT2D eigenvalue weighted by Gasteiger charge is -2.49. The van der Waals surface area contributed by atoms with Crippen LogP contribution in [0.5, 0.6) is 0 Å². The maximum Gasteiger partial charge on any atom is 0.175 e. The third-order valence-corrected chi connectivity index (χ3v) is 18.4. The van der Waals surface area contributed by atoms with Crippen LogP contribution in [0.1, 0.15) is 0 Å². The molecule has 3 aliphatic heterocycles. The van der Waals surface area contributed by atoms with E-state index in [0.29, 0.717) is 15.9 Å². The van der Waals surface area contributed by atoms with Gasteiger partial charge in [0.2, 0.25) is 0 Å². The molecule has 6 aromatic rings. The largest absolute Gasteiger partial charge is 0.308 e. The average molecular weight is 665 g/mol. The maximum atomic E-state index is 15.9. The van der Waals surface area contributed by atoms with Crippen molar-refractivity contribution in [1.82, 2.24) is 0 Å². The van der Waals surface area contributed by atoms with Gasteiger partial charge in [0, 0.05) is 47.7 Å². The summed E-state index contributed by atoms with van der Waals surface area (Å²) in [5.74, 6) is -2.35. The summed E-state index contributed by atoms with van der Waals surface area (Å²) in [6.45, 7) is 0. The van der Waals surface area contributed by atoms with Crippen LogP contribution in [0.15, 0.2) is 127 Å². The van der Waals surface area contributed by atoms with Gasteiger partial charge in [-0.1, -0.05) is 91.0 Å². The second-order valence-corrected chi connectivity index (χ2v) is 19.6. The van der Waals surface area contributed by atoms with E-state index in [1.54, 1.807) is 95.9 Å². The number of anilines is 3. The van der Waals surface area contributed by atoms with Gasteiger partial charge in [-0.2, -0.15) is 0 Å². The van der Waals surface area contributed by atoms with Crippen molar-refractivity contribution in [3.05, 3.63) is 145 Å². The number of rotatable bonds is 3. The molecular weight excluding hydrogens is 644 g/mol. The van der Waals surface area contributed by atoms with Crippen molar-refractivity contribution in [2.24, 2.45) is 0 Å². The second kappa shape index (κ2) is 9.33. The van der Waals surface area contributed by atoms with Crippen molar-refractivity contribution >= 4 is 86.2 Å². The Morgan fingerprint density at radius 2 is 0.587 bits per heavy atom. The summed E-state index contributed by atoms with van der Waals surface area (Å²) in [6, 6.07) is 32.2. The number of hydrogen-bond acceptors (Lipinski definition) is 4. The molecule has 4 nitrogen and oxygen atoms in total. The molecule has 6 aromatic carbocycles. The zero-order valence-electron chi connectivity index (χ0n) is 23.8. The molecule has 10 heteroatoms. The van der Waals surface area contributed by atoms with Crippen molar-refractivity contribution in [3.63, 3.8) is 0 Å². The molecule has 0 aliphatic carbocycles. The van der Waals surface area contributed by atoms with Crippen molar-refractivity contribution in [2.75, 3.05) is 4.90 Å². The van der Waals surface area contributed by atoms with E-state index in [-0.39, 0.29) is 48.9 Å². The van der Waals surface area contributed by atoms with Crippen molar-refractivity contribution in [2.45, 2.75) is 0 Å². The van der Waals surface area contributed by atoms with Gasteiger partial charge in [-0.25, -0.2) is 13.2 Å². The predicted octanol–water partition coefficient (Wildman–Crippen LogP) is 5.43. The first-order valence-corrected chi connectivity index (χ1v) is 19.6. The zero-order chi connectivity index (χ0) is 31.6. The summed E-state index contributed by atoms with van der Waals surface area (Å²) >= 11 is 0. The minimum atomic E-state index is -4.10. The van der Waals surface area contributed by atoms with E-state index >= 15 is 26.9 Å². The molecule has 0 aromatic heterocycles. The maximum absolute atomic E-state index is 15.9. The Bertz CT molecular complexity index is 2090. The van der Waals surface area contributed by atoms with Crippen molar-refractivity contribution < 1.29 is 26.9 Å². The molecule has 0 N–H and O–H groups in total. The van der Waals surface area contributed by atoms with E-state index in [1.165, 1.54) is 0 Å². The van der Waals surface area contributed by atoms with E-state index in [9.17, 15) is 0 Å². The molecule has 0 bridgehead atoms. The van der Waals surface area contributed by atoms with Gasteiger partial charge in [0.15, 0.2) is 21.4 Å². The van der Waals surface area contributed by atoms with Crippen LogP contribution in [0.2, 0.25) is 0 Å². The van der Waals surface area contributed by atoms with Gasteiger partial charge in [-0.15, -0.1) is 0 Å². The Balaban J connectivity index is 1.57. The first-order valence-electron chi connectivity index (χ1n) is 14.5. The van der Waals surface area contributed by atoms with Crippen LogP contribution < -0.4 is 52.6 Å². The number of hydrogen-bond donors (Lipinski definition) is 0. The molecule has 0 saturated carbocycles. The van der Waals surface area contributed by atoms with Gasteiger partial charge in [0.25, 0.3) is 0 Å². The Morgan fingerprint density at radius 1 is 0.370 bits per heavy atom. The molecule has 46 heavy (non-hydrogen) atoms. The number of benzene rings is 6. The topological polar surface area (TPSA) is 54.5 Å². The summed E-state index contributed by atoms with van der Waals surface area (Å²) < 4.78 is 95.3. The molecule has 0 unspecified atom stereocenters. The highest BCUT2D eigenvalue weighted by Crippen LogP contribution is 2.65. The first-order chi connectivity index (χ1) is 22.2. The smallest absolute Gasteiger partial charge is 0.175 e.